The second-order valence-electron chi connectivity index (χ2n) is 14.9. The van der Waals surface area contributed by atoms with Gasteiger partial charge in [0.1, 0.15) is 11.3 Å². The minimum absolute atomic E-state index is 0.592. The Morgan fingerprint density at radius 1 is 0.367 bits per heavy atom. The van der Waals surface area contributed by atoms with Crippen LogP contribution in [0.3, 0.4) is 0 Å². The normalized spacial score (nSPS) is 11.7. The predicted molar refractivity (Wildman–Crippen MR) is 248 cm³/mol. The number of hydrogen-bond donors (Lipinski definition) is 0. The number of rotatable bonds is 6. The molecule has 0 atom stereocenters. The Bertz CT molecular complexity index is 3600. The summed E-state index contributed by atoms with van der Waals surface area (Å²) in [6.07, 6.45) is 0. The maximum Gasteiger partial charge on any atom is 0.164 e. The van der Waals surface area contributed by atoms with Gasteiger partial charge in [-0.25, -0.2) is 19.9 Å². The molecule has 60 heavy (non-hydrogen) atoms. The van der Waals surface area contributed by atoms with Crippen LogP contribution in [-0.2, 0) is 0 Å². The number of benzene rings is 8. The lowest BCUT2D eigenvalue weighted by Gasteiger charge is -2.12. The molecule has 0 amide bonds. The fourth-order valence-corrected chi connectivity index (χ4v) is 9.72. The molecule has 0 saturated carbocycles. The molecule has 0 aliphatic rings. The Balaban J connectivity index is 0.994. The highest BCUT2D eigenvalue weighted by Gasteiger charge is 2.21. The van der Waals surface area contributed by atoms with Crippen LogP contribution < -0.4 is 0 Å². The van der Waals surface area contributed by atoms with Crippen LogP contribution in [-0.4, -0.2) is 19.9 Å². The third-order valence-corrected chi connectivity index (χ3v) is 12.6. The molecule has 0 unspecified atom stereocenters. The first-order valence-corrected chi connectivity index (χ1v) is 20.8. The van der Waals surface area contributed by atoms with E-state index >= 15 is 0 Å². The molecule has 0 bridgehead atoms. The summed E-state index contributed by atoms with van der Waals surface area (Å²) in [7, 11) is 0. The molecule has 0 aliphatic heterocycles. The summed E-state index contributed by atoms with van der Waals surface area (Å²) in [5.41, 5.74) is 11.5. The van der Waals surface area contributed by atoms with Crippen LogP contribution in [0, 0.1) is 0 Å². The van der Waals surface area contributed by atoms with E-state index in [1.807, 2.05) is 59.9 Å². The Labute approximate surface area is 348 Å². The van der Waals surface area contributed by atoms with Crippen molar-refractivity contribution in [3.05, 3.63) is 194 Å². The molecule has 0 radical (unpaired) electrons. The zero-order valence-corrected chi connectivity index (χ0v) is 32.9. The molecule has 5 nitrogen and oxygen atoms in total. The average Bonchev–Trinajstić information content (AvgIpc) is 3.91. The molecular weight excluding hydrogens is 753 g/mol. The van der Waals surface area contributed by atoms with Gasteiger partial charge in [0.15, 0.2) is 23.1 Å². The van der Waals surface area contributed by atoms with Gasteiger partial charge in [0.05, 0.1) is 5.52 Å². The van der Waals surface area contributed by atoms with Crippen molar-refractivity contribution in [2.24, 2.45) is 0 Å². The van der Waals surface area contributed by atoms with Crippen LogP contribution in [0.2, 0.25) is 0 Å². The molecule has 0 spiro atoms. The summed E-state index contributed by atoms with van der Waals surface area (Å²) in [5.74, 6) is 1.82. The van der Waals surface area contributed by atoms with Gasteiger partial charge in [-0.05, 0) is 34.9 Å². The Morgan fingerprint density at radius 2 is 0.917 bits per heavy atom. The van der Waals surface area contributed by atoms with E-state index in [0.29, 0.717) is 17.5 Å². The topological polar surface area (TPSA) is 64.7 Å². The highest BCUT2D eigenvalue weighted by atomic mass is 32.1. The predicted octanol–water partition coefficient (Wildman–Crippen LogP) is 14.7. The Hall–Kier alpha value is -7.80. The van der Waals surface area contributed by atoms with Crippen molar-refractivity contribution in [2.75, 3.05) is 0 Å². The molecule has 0 saturated heterocycles. The quantitative estimate of drug-likeness (QED) is 0.168. The lowest BCUT2D eigenvalue weighted by atomic mass is 9.97. The maximum atomic E-state index is 6.62. The van der Waals surface area contributed by atoms with Gasteiger partial charge in [-0.1, -0.05) is 176 Å². The lowest BCUT2D eigenvalue weighted by molar-refractivity contribution is 0.669. The van der Waals surface area contributed by atoms with Crippen molar-refractivity contribution in [2.45, 2.75) is 0 Å². The van der Waals surface area contributed by atoms with Crippen LogP contribution in [0.4, 0.5) is 0 Å². The summed E-state index contributed by atoms with van der Waals surface area (Å²) in [6, 6.07) is 67.3. The van der Waals surface area contributed by atoms with E-state index in [4.69, 9.17) is 24.4 Å². The summed E-state index contributed by atoms with van der Waals surface area (Å²) in [5, 5.41) is 5.75. The SMILES string of the molecule is c1ccc(-c2nc(-c3ccc(-c4nc5c(-c6ccccc6)cccc5c5c4oc4ccccc45)cc3)nc(-c3cccc(-c4cccc5c4sc4ccccc45)c3)n2)cc1. The molecule has 0 aliphatic carbocycles. The number of para-hydroxylation sites is 2. The van der Waals surface area contributed by atoms with Crippen LogP contribution in [0.1, 0.15) is 0 Å². The van der Waals surface area contributed by atoms with Crippen LogP contribution in [0.5, 0.6) is 0 Å². The molecule has 12 rings (SSSR count). The monoisotopic (exact) mass is 784 g/mol. The van der Waals surface area contributed by atoms with Crippen molar-refractivity contribution in [3.8, 4) is 67.7 Å². The van der Waals surface area contributed by atoms with E-state index in [-0.39, 0.29) is 0 Å². The molecule has 0 N–H and O–H groups in total. The first-order valence-electron chi connectivity index (χ1n) is 20.0. The first-order chi connectivity index (χ1) is 29.7. The molecule has 6 heteroatoms. The smallest absolute Gasteiger partial charge is 0.164 e. The second-order valence-corrected chi connectivity index (χ2v) is 16.0. The third-order valence-electron chi connectivity index (χ3n) is 11.3. The average molecular weight is 785 g/mol. The number of fused-ring (bicyclic) bond motifs is 8. The van der Waals surface area contributed by atoms with Crippen LogP contribution >= 0.6 is 11.3 Å². The minimum Gasteiger partial charge on any atom is -0.454 e. The van der Waals surface area contributed by atoms with Crippen molar-refractivity contribution in [1.29, 1.82) is 0 Å². The van der Waals surface area contributed by atoms with Crippen molar-refractivity contribution < 1.29 is 4.42 Å². The molecule has 4 aromatic heterocycles. The zero-order chi connectivity index (χ0) is 39.6. The highest BCUT2D eigenvalue weighted by Crippen LogP contribution is 2.43. The van der Waals surface area contributed by atoms with Crippen LogP contribution in [0.25, 0.3) is 121 Å². The van der Waals surface area contributed by atoms with Crippen LogP contribution in [0.15, 0.2) is 199 Å². The number of aromatic nitrogens is 4. The third kappa shape index (κ3) is 5.69. The maximum absolute atomic E-state index is 6.62. The summed E-state index contributed by atoms with van der Waals surface area (Å²) in [4.78, 5) is 20.7. The highest BCUT2D eigenvalue weighted by molar-refractivity contribution is 7.26. The van der Waals surface area contributed by atoms with E-state index in [2.05, 4.69) is 146 Å². The van der Waals surface area contributed by atoms with Gasteiger partial charge in [-0.15, -0.1) is 11.3 Å². The van der Waals surface area contributed by atoms with E-state index in [1.54, 1.807) is 0 Å². The van der Waals surface area contributed by atoms with Gasteiger partial charge in [0.25, 0.3) is 0 Å². The molecular formula is C54H32N4OS. The van der Waals surface area contributed by atoms with E-state index in [9.17, 15) is 0 Å². The van der Waals surface area contributed by atoms with Gasteiger partial charge in [0.2, 0.25) is 0 Å². The van der Waals surface area contributed by atoms with Crippen molar-refractivity contribution >= 4 is 64.4 Å². The summed E-state index contributed by atoms with van der Waals surface area (Å²) >= 11 is 1.83. The molecule has 0 fully saturated rings. The largest absolute Gasteiger partial charge is 0.454 e. The summed E-state index contributed by atoms with van der Waals surface area (Å²) < 4.78 is 9.18. The molecule has 8 aromatic carbocycles. The van der Waals surface area contributed by atoms with Gasteiger partial charge in [-0.2, -0.15) is 0 Å². The fourth-order valence-electron chi connectivity index (χ4n) is 8.48. The van der Waals surface area contributed by atoms with Gasteiger partial charge in [0, 0.05) is 64.1 Å². The minimum atomic E-state index is 0.592. The van der Waals surface area contributed by atoms with Gasteiger partial charge < -0.3 is 4.42 Å². The van der Waals surface area contributed by atoms with Gasteiger partial charge in [-0.3, -0.25) is 0 Å². The Kier molecular flexibility index (Phi) is 7.96. The standard InChI is InChI=1S/C54H32N4OS/c1-3-14-33(15-4-1)39-22-12-25-44-47-43-21-7-9-26-45(43)59-50(47)48(55-49(39)44)34-28-30-36(31-29-34)53-56-52(35-16-5-2-6-17-35)57-54(58-53)38-19-11-18-37(32-38)40-23-13-24-42-41-20-8-10-27-46(41)60-51(40)42/h1-32H. The molecule has 280 valence electrons. The zero-order valence-electron chi connectivity index (χ0n) is 32.1. The Morgan fingerprint density at radius 3 is 1.70 bits per heavy atom. The first kappa shape index (κ1) is 34.3. The van der Waals surface area contributed by atoms with E-state index < -0.39 is 0 Å². The number of furan rings is 1. The molecule has 12 aromatic rings. The summed E-state index contributed by atoms with van der Waals surface area (Å²) in [6.45, 7) is 0. The number of nitrogens with zero attached hydrogens (tertiary/aromatic N) is 4. The van der Waals surface area contributed by atoms with Crippen molar-refractivity contribution in [3.63, 3.8) is 0 Å². The number of thiophene rings is 1. The van der Waals surface area contributed by atoms with Crippen molar-refractivity contribution in [1.82, 2.24) is 19.9 Å². The van der Waals surface area contributed by atoms with Gasteiger partial charge >= 0.3 is 0 Å². The molecule has 4 heterocycles. The second kappa shape index (κ2) is 13.9. The number of pyridine rings is 1. The van der Waals surface area contributed by atoms with E-state index in [0.717, 1.165) is 77.5 Å². The number of hydrogen-bond acceptors (Lipinski definition) is 6. The lowest BCUT2D eigenvalue weighted by Crippen LogP contribution is -2.00. The van der Waals surface area contributed by atoms with E-state index in [1.165, 1.54) is 25.7 Å². The fraction of sp³-hybridized carbons (Fsp3) is 0.